The quantitative estimate of drug-likeness (QED) is 0.638. The minimum Gasteiger partial charge on any atom is -0.323 e. The van der Waals surface area contributed by atoms with E-state index in [4.69, 9.17) is 9.59 Å². The molecule has 2 N–H and O–H groups in total. The number of carbonyl (C=O) groups excluding carboxylic acids is 2. The molecule has 0 amide bonds. The minimum atomic E-state index is -4.55. The normalized spacial score (nSPS) is 13.0. The Morgan fingerprint density at radius 3 is 2.45 bits per heavy atom. The van der Waals surface area contributed by atoms with Gasteiger partial charge in [0, 0.05) is 28.8 Å². The van der Waals surface area contributed by atoms with E-state index in [2.05, 4.69) is 25.5 Å². The van der Waals surface area contributed by atoms with Gasteiger partial charge in [0.25, 0.3) is 0 Å². The number of hydrogen-bond donors (Lipinski definition) is 2. The fourth-order valence-electron chi connectivity index (χ4n) is 2.48. The first-order valence-corrected chi connectivity index (χ1v) is 9.13. The Bertz CT molecular complexity index is 951. The summed E-state index contributed by atoms with van der Waals surface area (Å²) in [5.41, 5.74) is 0.0136. The van der Waals surface area contributed by atoms with E-state index in [0.717, 1.165) is 34.5 Å². The summed E-state index contributed by atoms with van der Waals surface area (Å²) >= 11 is 1.43. The number of aromatic nitrogens is 4. The second-order valence-corrected chi connectivity index (χ2v) is 7.26. The minimum absolute atomic E-state index is 0.256. The van der Waals surface area contributed by atoms with E-state index in [0.29, 0.717) is 11.7 Å². The fourth-order valence-corrected chi connectivity index (χ4v) is 3.29. The number of rotatable bonds is 4. The second-order valence-electron chi connectivity index (χ2n) is 5.97. The number of alkyl halides is 3. The molecule has 0 spiro atoms. The Morgan fingerprint density at radius 2 is 1.90 bits per heavy atom. The second kappa shape index (κ2) is 9.41. The molecule has 7 nitrogen and oxygen atoms in total. The van der Waals surface area contributed by atoms with Gasteiger partial charge in [0.05, 0.1) is 4.88 Å². The van der Waals surface area contributed by atoms with Crippen molar-refractivity contribution in [1.29, 1.82) is 0 Å². The standard InChI is InChI=1S/C16H14F3N5S.2CH2O/c1-8-2-5-12(25-8)15-20-7-10(16(17,18)19)14(22-15)21-13-6-11(23-24-13)9-3-4-9;2*1-2/h2,5-7,9H,3-4H2,1H3,(H2,20,21,22,23,24);2*1H2. The summed E-state index contributed by atoms with van der Waals surface area (Å²) in [7, 11) is 0. The first kappa shape index (κ1) is 22.2. The van der Waals surface area contributed by atoms with Gasteiger partial charge in [-0.3, -0.25) is 5.10 Å². The van der Waals surface area contributed by atoms with Crippen molar-refractivity contribution < 1.29 is 22.8 Å². The van der Waals surface area contributed by atoms with E-state index >= 15 is 0 Å². The lowest BCUT2D eigenvalue weighted by molar-refractivity contribution is -0.137. The predicted molar refractivity (Wildman–Crippen MR) is 103 cm³/mol. The molecule has 1 fully saturated rings. The van der Waals surface area contributed by atoms with Crippen LogP contribution < -0.4 is 5.32 Å². The number of carbonyl (C=O) groups is 2. The summed E-state index contributed by atoms with van der Waals surface area (Å²) in [6.07, 6.45) is -1.59. The number of hydrogen-bond acceptors (Lipinski definition) is 7. The summed E-state index contributed by atoms with van der Waals surface area (Å²) in [5, 5.41) is 9.59. The van der Waals surface area contributed by atoms with E-state index in [9.17, 15) is 13.2 Å². The van der Waals surface area contributed by atoms with E-state index in [1.807, 2.05) is 26.6 Å². The number of nitrogens with zero attached hydrogens (tertiary/aromatic N) is 3. The van der Waals surface area contributed by atoms with E-state index in [-0.39, 0.29) is 11.6 Å². The molecule has 0 bridgehead atoms. The lowest BCUT2D eigenvalue weighted by Gasteiger charge is -2.12. The van der Waals surface area contributed by atoms with Crippen molar-refractivity contribution >= 4 is 36.6 Å². The van der Waals surface area contributed by atoms with Gasteiger partial charge in [-0.05, 0) is 31.9 Å². The molecule has 0 atom stereocenters. The fraction of sp³-hybridized carbons (Fsp3) is 0.278. The van der Waals surface area contributed by atoms with E-state index in [1.54, 1.807) is 12.1 Å². The summed E-state index contributed by atoms with van der Waals surface area (Å²) in [5.74, 6) is 0.712. The number of nitrogens with one attached hydrogen (secondary N) is 2. The number of thiophene rings is 1. The molecule has 4 rings (SSSR count). The molecule has 3 aromatic heterocycles. The number of H-pyrrole nitrogens is 1. The molecule has 3 heterocycles. The van der Waals surface area contributed by atoms with Crippen molar-refractivity contribution in [3.05, 3.63) is 40.5 Å². The number of anilines is 2. The smallest absolute Gasteiger partial charge is 0.323 e. The predicted octanol–water partition coefficient (Wildman–Crippen LogP) is 4.51. The molecular weight excluding hydrogens is 407 g/mol. The highest BCUT2D eigenvalue weighted by Crippen LogP contribution is 2.40. The van der Waals surface area contributed by atoms with Crippen LogP contribution in [-0.2, 0) is 15.8 Å². The molecule has 0 radical (unpaired) electrons. The van der Waals surface area contributed by atoms with Crippen molar-refractivity contribution in [2.75, 3.05) is 5.32 Å². The first-order chi connectivity index (χ1) is 13.9. The zero-order chi connectivity index (χ0) is 21.6. The zero-order valence-electron chi connectivity index (χ0n) is 15.4. The zero-order valence-corrected chi connectivity index (χ0v) is 16.2. The molecule has 0 aliphatic heterocycles. The summed E-state index contributed by atoms with van der Waals surface area (Å²) in [6.45, 7) is 5.92. The van der Waals surface area contributed by atoms with Gasteiger partial charge in [-0.2, -0.15) is 18.3 Å². The van der Waals surface area contributed by atoms with Gasteiger partial charge in [-0.1, -0.05) is 0 Å². The van der Waals surface area contributed by atoms with Crippen LogP contribution in [0, 0.1) is 6.92 Å². The molecule has 0 unspecified atom stereocenters. The van der Waals surface area contributed by atoms with Gasteiger partial charge in [-0.25, -0.2) is 9.97 Å². The van der Waals surface area contributed by atoms with Gasteiger partial charge < -0.3 is 14.9 Å². The molecule has 1 aliphatic rings. The number of halogens is 3. The van der Waals surface area contributed by atoms with Gasteiger partial charge in [0.2, 0.25) is 0 Å². The van der Waals surface area contributed by atoms with Gasteiger partial charge >= 0.3 is 6.18 Å². The number of aryl methyl sites for hydroxylation is 1. The molecule has 0 saturated heterocycles. The third kappa shape index (κ3) is 5.47. The summed E-state index contributed by atoms with van der Waals surface area (Å²) in [4.78, 5) is 25.7. The SMILES string of the molecule is C=O.C=O.Cc1ccc(-c2ncc(C(F)(F)F)c(Nc3cc(C4CC4)[nH]n3)n2)s1. The van der Waals surface area contributed by atoms with Crippen LogP contribution in [0.1, 0.15) is 34.9 Å². The average Bonchev–Trinajstić information content (AvgIpc) is 3.31. The van der Waals surface area contributed by atoms with E-state index in [1.165, 1.54) is 11.3 Å². The van der Waals surface area contributed by atoms with Crippen molar-refractivity contribution in [2.24, 2.45) is 0 Å². The third-order valence-electron chi connectivity index (χ3n) is 3.92. The van der Waals surface area contributed by atoms with Crippen LogP contribution in [0.25, 0.3) is 10.7 Å². The molecule has 0 aromatic carbocycles. The monoisotopic (exact) mass is 425 g/mol. The van der Waals surface area contributed by atoms with Crippen LogP contribution in [0.4, 0.5) is 24.8 Å². The number of aromatic amines is 1. The maximum absolute atomic E-state index is 13.3. The van der Waals surface area contributed by atoms with Crippen molar-refractivity contribution in [3.8, 4) is 10.7 Å². The van der Waals surface area contributed by atoms with Gasteiger partial charge in [0.15, 0.2) is 11.6 Å². The van der Waals surface area contributed by atoms with Crippen LogP contribution in [0.3, 0.4) is 0 Å². The first-order valence-electron chi connectivity index (χ1n) is 8.31. The lowest BCUT2D eigenvalue weighted by atomic mass is 10.2. The highest BCUT2D eigenvalue weighted by molar-refractivity contribution is 7.15. The van der Waals surface area contributed by atoms with Crippen LogP contribution in [0.15, 0.2) is 24.4 Å². The largest absolute Gasteiger partial charge is 0.421 e. The molecule has 1 saturated carbocycles. The molecule has 3 aromatic rings. The average molecular weight is 425 g/mol. The Balaban J connectivity index is 0.000000707. The maximum Gasteiger partial charge on any atom is 0.421 e. The highest BCUT2D eigenvalue weighted by Gasteiger charge is 2.36. The maximum atomic E-state index is 13.3. The summed E-state index contributed by atoms with van der Waals surface area (Å²) in [6, 6.07) is 5.41. The topological polar surface area (TPSA) is 101 Å². The molecule has 1 aliphatic carbocycles. The lowest BCUT2D eigenvalue weighted by Crippen LogP contribution is -2.12. The van der Waals surface area contributed by atoms with Crippen LogP contribution in [0.2, 0.25) is 0 Å². The van der Waals surface area contributed by atoms with Crippen LogP contribution in [-0.4, -0.2) is 33.7 Å². The van der Waals surface area contributed by atoms with Crippen molar-refractivity contribution in [3.63, 3.8) is 0 Å². The molecule has 154 valence electrons. The van der Waals surface area contributed by atoms with Gasteiger partial charge in [-0.15, -0.1) is 11.3 Å². The molecular formula is C18H18F3N5O2S. The molecule has 29 heavy (non-hydrogen) atoms. The van der Waals surface area contributed by atoms with Gasteiger partial charge in [0.1, 0.15) is 25.0 Å². The Morgan fingerprint density at radius 1 is 1.21 bits per heavy atom. The van der Waals surface area contributed by atoms with Crippen molar-refractivity contribution in [2.45, 2.75) is 31.9 Å². The third-order valence-corrected chi connectivity index (χ3v) is 4.91. The Kier molecular flexibility index (Phi) is 7.21. The highest BCUT2D eigenvalue weighted by atomic mass is 32.1. The van der Waals surface area contributed by atoms with Crippen LogP contribution >= 0.6 is 11.3 Å². The Labute approximate surface area is 168 Å². The summed E-state index contributed by atoms with van der Waals surface area (Å²) < 4.78 is 39.9. The Hall–Kier alpha value is -3.08. The van der Waals surface area contributed by atoms with Crippen LogP contribution in [0.5, 0.6) is 0 Å². The van der Waals surface area contributed by atoms with E-state index < -0.39 is 11.7 Å². The van der Waals surface area contributed by atoms with Crippen molar-refractivity contribution in [1.82, 2.24) is 20.2 Å². The molecule has 11 heteroatoms.